The summed E-state index contributed by atoms with van der Waals surface area (Å²) in [6, 6.07) is 7.07. The molecule has 0 saturated carbocycles. The van der Waals surface area contributed by atoms with E-state index in [1.165, 1.54) is 23.1 Å². The fourth-order valence-corrected chi connectivity index (χ4v) is 3.77. The van der Waals surface area contributed by atoms with Crippen LogP contribution in [0.15, 0.2) is 28.6 Å². The van der Waals surface area contributed by atoms with Crippen molar-refractivity contribution in [2.24, 2.45) is 0 Å². The lowest BCUT2D eigenvalue weighted by molar-refractivity contribution is -0.142. The summed E-state index contributed by atoms with van der Waals surface area (Å²) >= 11 is 2.50. The smallest absolute Gasteiger partial charge is 0.325 e. The second-order valence-electron chi connectivity index (χ2n) is 5.09. The summed E-state index contributed by atoms with van der Waals surface area (Å²) in [5, 5.41) is 13.3. The van der Waals surface area contributed by atoms with Crippen LogP contribution in [-0.2, 0) is 9.53 Å². The van der Waals surface area contributed by atoms with E-state index < -0.39 is 6.03 Å². The third kappa shape index (κ3) is 6.02. The predicted molar refractivity (Wildman–Crippen MR) is 100 cm³/mol. The van der Waals surface area contributed by atoms with Gasteiger partial charge in [0.2, 0.25) is 5.13 Å². The average Bonchev–Trinajstić information content (AvgIpc) is 3.01. The average molecular weight is 380 g/mol. The van der Waals surface area contributed by atoms with Crippen molar-refractivity contribution in [1.29, 1.82) is 0 Å². The molecule has 1 aromatic carbocycles. The standard InChI is InChI=1S/C16H20N4O3S2/c1-4-12(13(21)23-5-2)24-16-20-19-15(25-16)18-14(22)17-11-8-6-10(3)7-9-11/h6-9,12H,4-5H2,1-3H3,(H2,17,18,19,22)/t12-/m1/s1. The van der Waals surface area contributed by atoms with Gasteiger partial charge >= 0.3 is 12.0 Å². The Morgan fingerprint density at radius 1 is 1.20 bits per heavy atom. The lowest BCUT2D eigenvalue weighted by Crippen LogP contribution is -2.19. The van der Waals surface area contributed by atoms with Gasteiger partial charge in [-0.2, -0.15) is 0 Å². The first-order chi connectivity index (χ1) is 12.0. The van der Waals surface area contributed by atoms with Gasteiger partial charge in [-0.3, -0.25) is 10.1 Å². The Morgan fingerprint density at radius 2 is 1.92 bits per heavy atom. The summed E-state index contributed by atoms with van der Waals surface area (Å²) in [6.07, 6.45) is 0.625. The number of hydrogen-bond acceptors (Lipinski definition) is 7. The van der Waals surface area contributed by atoms with E-state index >= 15 is 0 Å². The molecule has 0 bridgehead atoms. The van der Waals surface area contributed by atoms with E-state index in [1.807, 2.05) is 38.1 Å². The van der Waals surface area contributed by atoms with Gasteiger partial charge in [-0.05, 0) is 32.4 Å². The van der Waals surface area contributed by atoms with E-state index in [2.05, 4.69) is 20.8 Å². The quantitative estimate of drug-likeness (QED) is 0.429. The molecule has 0 saturated heterocycles. The number of hydrogen-bond donors (Lipinski definition) is 2. The van der Waals surface area contributed by atoms with Crippen LogP contribution in [0.1, 0.15) is 25.8 Å². The van der Waals surface area contributed by atoms with Gasteiger partial charge in [0.15, 0.2) is 4.34 Å². The number of thioether (sulfide) groups is 1. The van der Waals surface area contributed by atoms with Crippen LogP contribution in [0.4, 0.5) is 15.6 Å². The highest BCUT2D eigenvalue weighted by Crippen LogP contribution is 2.31. The minimum Gasteiger partial charge on any atom is -0.465 e. The Morgan fingerprint density at radius 3 is 2.56 bits per heavy atom. The molecule has 0 aliphatic heterocycles. The summed E-state index contributed by atoms with van der Waals surface area (Å²) in [7, 11) is 0. The van der Waals surface area contributed by atoms with Gasteiger partial charge in [0.05, 0.1) is 6.61 Å². The van der Waals surface area contributed by atoms with Gasteiger partial charge in [0, 0.05) is 5.69 Å². The topological polar surface area (TPSA) is 93.2 Å². The van der Waals surface area contributed by atoms with Gasteiger partial charge in [-0.25, -0.2) is 4.79 Å². The number of amides is 2. The normalized spacial score (nSPS) is 11.6. The molecule has 9 heteroatoms. The number of rotatable bonds is 7. The summed E-state index contributed by atoms with van der Waals surface area (Å²) in [5.74, 6) is -0.267. The van der Waals surface area contributed by atoms with Crippen LogP contribution >= 0.6 is 23.1 Å². The van der Waals surface area contributed by atoms with E-state index in [0.29, 0.717) is 28.2 Å². The number of urea groups is 1. The minimum absolute atomic E-state index is 0.267. The van der Waals surface area contributed by atoms with Crippen molar-refractivity contribution in [2.45, 2.75) is 36.8 Å². The van der Waals surface area contributed by atoms with Crippen molar-refractivity contribution in [3.8, 4) is 0 Å². The fraction of sp³-hybridized carbons (Fsp3) is 0.375. The van der Waals surface area contributed by atoms with Gasteiger partial charge in [0.25, 0.3) is 0 Å². The molecule has 0 aliphatic carbocycles. The number of benzene rings is 1. The first-order valence-electron chi connectivity index (χ1n) is 7.83. The maximum absolute atomic E-state index is 12.0. The van der Waals surface area contributed by atoms with Crippen molar-refractivity contribution in [3.63, 3.8) is 0 Å². The van der Waals surface area contributed by atoms with Crippen molar-refractivity contribution >= 4 is 45.9 Å². The summed E-state index contributed by atoms with van der Waals surface area (Å²) in [4.78, 5) is 23.8. The number of anilines is 2. The van der Waals surface area contributed by atoms with Crippen molar-refractivity contribution < 1.29 is 14.3 Å². The van der Waals surface area contributed by atoms with Crippen LogP contribution < -0.4 is 10.6 Å². The van der Waals surface area contributed by atoms with Crippen LogP contribution in [0.25, 0.3) is 0 Å². The highest BCUT2D eigenvalue weighted by Gasteiger charge is 2.21. The molecule has 134 valence electrons. The van der Waals surface area contributed by atoms with Crippen LogP contribution in [0.3, 0.4) is 0 Å². The fourth-order valence-electron chi connectivity index (χ4n) is 1.86. The molecule has 2 N–H and O–H groups in total. The van der Waals surface area contributed by atoms with E-state index in [-0.39, 0.29) is 11.2 Å². The molecule has 2 amide bonds. The maximum atomic E-state index is 12.0. The molecule has 7 nitrogen and oxygen atoms in total. The number of aryl methyl sites for hydroxylation is 1. The molecule has 0 fully saturated rings. The molecule has 0 aliphatic rings. The highest BCUT2D eigenvalue weighted by atomic mass is 32.2. The minimum atomic E-state index is -0.394. The maximum Gasteiger partial charge on any atom is 0.325 e. The zero-order chi connectivity index (χ0) is 18.2. The molecule has 1 atom stereocenters. The van der Waals surface area contributed by atoms with E-state index in [0.717, 1.165) is 5.56 Å². The number of aromatic nitrogens is 2. The highest BCUT2D eigenvalue weighted by molar-refractivity contribution is 8.02. The molecular formula is C16H20N4O3S2. The van der Waals surface area contributed by atoms with Crippen molar-refractivity contribution in [1.82, 2.24) is 10.2 Å². The Hall–Kier alpha value is -2.13. The molecular weight excluding hydrogens is 360 g/mol. The SMILES string of the molecule is CCOC(=O)[C@@H](CC)Sc1nnc(NC(=O)Nc2ccc(C)cc2)s1. The molecule has 0 radical (unpaired) electrons. The zero-order valence-electron chi connectivity index (χ0n) is 14.2. The van der Waals surface area contributed by atoms with Crippen LogP contribution in [0.5, 0.6) is 0 Å². The monoisotopic (exact) mass is 380 g/mol. The van der Waals surface area contributed by atoms with E-state index in [9.17, 15) is 9.59 Å². The third-order valence-corrected chi connectivity index (χ3v) is 5.37. The largest absolute Gasteiger partial charge is 0.465 e. The number of carbonyl (C=O) groups is 2. The Bertz CT molecular complexity index is 718. The van der Waals surface area contributed by atoms with E-state index in [4.69, 9.17) is 4.74 Å². The second kappa shape index (κ2) is 9.38. The Kier molecular flexibility index (Phi) is 7.20. The van der Waals surface area contributed by atoms with Crippen molar-refractivity contribution in [2.75, 3.05) is 17.2 Å². The number of carbonyl (C=O) groups excluding carboxylic acids is 2. The zero-order valence-corrected chi connectivity index (χ0v) is 15.9. The first kappa shape index (κ1) is 19.2. The summed E-state index contributed by atoms with van der Waals surface area (Å²) in [5.41, 5.74) is 1.80. The van der Waals surface area contributed by atoms with Gasteiger partial charge in [-0.1, -0.05) is 47.7 Å². The first-order valence-corrected chi connectivity index (χ1v) is 9.52. The number of nitrogens with one attached hydrogen (secondary N) is 2. The van der Waals surface area contributed by atoms with Crippen molar-refractivity contribution in [3.05, 3.63) is 29.8 Å². The number of nitrogens with zero attached hydrogens (tertiary/aromatic N) is 2. The number of esters is 1. The van der Waals surface area contributed by atoms with Gasteiger partial charge in [-0.15, -0.1) is 10.2 Å². The molecule has 2 rings (SSSR count). The van der Waals surface area contributed by atoms with Gasteiger partial charge in [0.1, 0.15) is 5.25 Å². The molecule has 1 heterocycles. The molecule has 2 aromatic rings. The Labute approximate surface area is 154 Å². The lowest BCUT2D eigenvalue weighted by Gasteiger charge is -2.10. The molecule has 0 unspecified atom stereocenters. The second-order valence-corrected chi connectivity index (χ2v) is 7.51. The molecule has 25 heavy (non-hydrogen) atoms. The lowest BCUT2D eigenvalue weighted by atomic mass is 10.2. The van der Waals surface area contributed by atoms with E-state index in [1.54, 1.807) is 6.92 Å². The number of ether oxygens (including phenoxy) is 1. The van der Waals surface area contributed by atoms with Crippen LogP contribution in [0, 0.1) is 6.92 Å². The third-order valence-electron chi connectivity index (χ3n) is 3.10. The summed E-state index contributed by atoms with van der Waals surface area (Å²) in [6.45, 7) is 6.00. The van der Waals surface area contributed by atoms with Gasteiger partial charge < -0.3 is 10.1 Å². The molecule has 0 spiro atoms. The summed E-state index contributed by atoms with van der Waals surface area (Å²) < 4.78 is 5.63. The van der Waals surface area contributed by atoms with Crippen LogP contribution in [-0.4, -0.2) is 34.1 Å². The Balaban J connectivity index is 1.90. The molecule has 1 aromatic heterocycles. The predicted octanol–water partition coefficient (Wildman–Crippen LogP) is 3.92. The van der Waals surface area contributed by atoms with Crippen LogP contribution in [0.2, 0.25) is 0 Å².